The lowest BCUT2D eigenvalue weighted by Gasteiger charge is -2.10. The highest BCUT2D eigenvalue weighted by atomic mass is 32.2. The zero-order valence-electron chi connectivity index (χ0n) is 15.1. The van der Waals surface area contributed by atoms with Crippen LogP contribution < -0.4 is 4.72 Å². The number of hydrogen-bond donors (Lipinski definition) is 1. The van der Waals surface area contributed by atoms with Crippen molar-refractivity contribution in [3.63, 3.8) is 0 Å². The summed E-state index contributed by atoms with van der Waals surface area (Å²) in [6.07, 6.45) is 1.99. The second-order valence-electron chi connectivity index (χ2n) is 6.76. The molecule has 0 aromatic heterocycles. The van der Waals surface area contributed by atoms with E-state index in [1.165, 1.54) is 5.39 Å². The summed E-state index contributed by atoms with van der Waals surface area (Å²) in [5, 5.41) is 4.40. The minimum absolute atomic E-state index is 0.279. The van der Waals surface area contributed by atoms with E-state index < -0.39 is 10.0 Å². The van der Waals surface area contributed by atoms with Crippen molar-refractivity contribution in [2.45, 2.75) is 24.7 Å². The summed E-state index contributed by atoms with van der Waals surface area (Å²) in [7, 11) is -3.61. The molecule has 136 valence electrons. The van der Waals surface area contributed by atoms with Crippen molar-refractivity contribution in [2.75, 3.05) is 4.72 Å². The number of nitrogens with one attached hydrogen (secondary N) is 1. The summed E-state index contributed by atoms with van der Waals surface area (Å²) in [4.78, 5) is 0.279. The van der Waals surface area contributed by atoms with Crippen LogP contribution in [-0.2, 0) is 16.4 Å². The smallest absolute Gasteiger partial charge is 0.261 e. The maximum atomic E-state index is 12.7. The number of aryl methyl sites for hydroxylation is 1. The molecule has 3 nitrogen and oxygen atoms in total. The molecule has 0 aliphatic rings. The summed E-state index contributed by atoms with van der Waals surface area (Å²) in [6, 6.07) is 25.1. The lowest BCUT2D eigenvalue weighted by Crippen LogP contribution is -2.12. The zero-order valence-corrected chi connectivity index (χ0v) is 16.0. The van der Waals surface area contributed by atoms with E-state index in [1.54, 1.807) is 18.2 Å². The topological polar surface area (TPSA) is 46.2 Å². The highest BCUT2D eigenvalue weighted by Crippen LogP contribution is 2.26. The van der Waals surface area contributed by atoms with Crippen LogP contribution in [0.3, 0.4) is 0 Å². The third-order valence-electron chi connectivity index (χ3n) is 4.73. The highest BCUT2D eigenvalue weighted by Gasteiger charge is 2.14. The van der Waals surface area contributed by atoms with Crippen LogP contribution in [-0.4, -0.2) is 8.42 Å². The molecule has 0 amide bonds. The minimum Gasteiger partial charge on any atom is -0.280 e. The van der Waals surface area contributed by atoms with E-state index >= 15 is 0 Å². The molecular weight excluding hydrogens is 354 g/mol. The highest BCUT2D eigenvalue weighted by molar-refractivity contribution is 7.92. The molecular formula is C23H21NO2S. The van der Waals surface area contributed by atoms with Crippen LogP contribution >= 0.6 is 0 Å². The van der Waals surface area contributed by atoms with E-state index in [2.05, 4.69) is 35.9 Å². The van der Waals surface area contributed by atoms with Gasteiger partial charge in [-0.25, -0.2) is 8.42 Å². The Morgan fingerprint density at radius 1 is 0.741 bits per heavy atom. The molecule has 0 aliphatic heterocycles. The van der Waals surface area contributed by atoms with Gasteiger partial charge in [-0.1, -0.05) is 55.8 Å². The Morgan fingerprint density at radius 3 is 2.04 bits per heavy atom. The van der Waals surface area contributed by atoms with Crippen molar-refractivity contribution in [3.05, 3.63) is 84.4 Å². The first kappa shape index (κ1) is 17.6. The van der Waals surface area contributed by atoms with Crippen molar-refractivity contribution in [1.29, 1.82) is 0 Å². The second kappa shape index (κ2) is 7.05. The molecule has 0 saturated carbocycles. The lowest BCUT2D eigenvalue weighted by atomic mass is 10.0. The van der Waals surface area contributed by atoms with Gasteiger partial charge in [0.25, 0.3) is 10.0 Å². The SMILES string of the molecule is CCCc1ccc(S(=O)(=O)Nc2ccc3cc4ccccc4cc3c2)cc1. The average Bonchev–Trinajstić information content (AvgIpc) is 2.67. The summed E-state index contributed by atoms with van der Waals surface area (Å²) < 4.78 is 28.1. The van der Waals surface area contributed by atoms with Crippen LogP contribution in [0.1, 0.15) is 18.9 Å². The monoisotopic (exact) mass is 375 g/mol. The molecule has 0 aliphatic carbocycles. The first-order valence-electron chi connectivity index (χ1n) is 9.09. The minimum atomic E-state index is -3.61. The molecule has 27 heavy (non-hydrogen) atoms. The number of anilines is 1. The van der Waals surface area contributed by atoms with E-state index in [1.807, 2.05) is 36.4 Å². The molecule has 4 aromatic rings. The van der Waals surface area contributed by atoms with Crippen LogP contribution in [0.25, 0.3) is 21.5 Å². The fourth-order valence-corrected chi connectivity index (χ4v) is 4.39. The average molecular weight is 375 g/mol. The van der Waals surface area contributed by atoms with Gasteiger partial charge in [0.1, 0.15) is 0 Å². The number of rotatable bonds is 5. The van der Waals surface area contributed by atoms with Gasteiger partial charge in [-0.05, 0) is 69.9 Å². The molecule has 0 radical (unpaired) electrons. The Balaban J connectivity index is 1.66. The van der Waals surface area contributed by atoms with Gasteiger partial charge >= 0.3 is 0 Å². The van der Waals surface area contributed by atoms with Crippen molar-refractivity contribution in [3.8, 4) is 0 Å². The third-order valence-corrected chi connectivity index (χ3v) is 6.13. The fourth-order valence-electron chi connectivity index (χ4n) is 3.34. The predicted molar refractivity (Wildman–Crippen MR) is 113 cm³/mol. The Morgan fingerprint density at radius 2 is 1.37 bits per heavy atom. The molecule has 4 heteroatoms. The van der Waals surface area contributed by atoms with Crippen LogP contribution in [0.15, 0.2) is 83.8 Å². The Kier molecular flexibility index (Phi) is 4.58. The van der Waals surface area contributed by atoms with Gasteiger partial charge in [0.15, 0.2) is 0 Å². The van der Waals surface area contributed by atoms with E-state index in [-0.39, 0.29) is 4.90 Å². The Labute approximate surface area is 159 Å². The molecule has 0 fully saturated rings. The maximum Gasteiger partial charge on any atom is 0.261 e. The van der Waals surface area contributed by atoms with Gasteiger partial charge in [-0.2, -0.15) is 0 Å². The summed E-state index contributed by atoms with van der Waals surface area (Å²) >= 11 is 0. The molecule has 0 bridgehead atoms. The Bertz CT molecular complexity index is 1210. The predicted octanol–water partition coefficient (Wildman–Crippen LogP) is 5.75. The first-order chi connectivity index (χ1) is 13.0. The zero-order chi connectivity index (χ0) is 18.9. The summed E-state index contributed by atoms with van der Waals surface area (Å²) in [5.74, 6) is 0. The second-order valence-corrected chi connectivity index (χ2v) is 8.44. The Hall–Kier alpha value is -2.85. The number of sulfonamides is 1. The fraction of sp³-hybridized carbons (Fsp3) is 0.130. The largest absolute Gasteiger partial charge is 0.280 e. The van der Waals surface area contributed by atoms with E-state index in [0.29, 0.717) is 5.69 Å². The molecule has 4 rings (SSSR count). The number of benzene rings is 4. The van der Waals surface area contributed by atoms with Gasteiger partial charge in [-0.15, -0.1) is 0 Å². The van der Waals surface area contributed by atoms with Gasteiger partial charge in [-0.3, -0.25) is 4.72 Å². The van der Waals surface area contributed by atoms with Gasteiger partial charge in [0, 0.05) is 5.69 Å². The van der Waals surface area contributed by atoms with Gasteiger partial charge in [0.2, 0.25) is 0 Å². The van der Waals surface area contributed by atoms with Crippen LogP contribution in [0.2, 0.25) is 0 Å². The summed E-state index contributed by atoms with van der Waals surface area (Å²) in [5.41, 5.74) is 1.71. The van der Waals surface area contributed by atoms with Gasteiger partial charge < -0.3 is 0 Å². The molecule has 0 atom stereocenters. The molecule has 1 N–H and O–H groups in total. The molecule has 4 aromatic carbocycles. The molecule has 0 saturated heterocycles. The molecule has 0 spiro atoms. The van der Waals surface area contributed by atoms with Crippen molar-refractivity contribution >= 4 is 37.3 Å². The van der Waals surface area contributed by atoms with Gasteiger partial charge in [0.05, 0.1) is 4.90 Å². The standard InChI is InChI=1S/C23H21NO2S/c1-2-5-17-8-12-23(13-9-17)27(25,26)24-22-11-10-20-14-18-6-3-4-7-19(18)15-21(20)16-22/h3-4,6-16,24H,2,5H2,1H3. The third kappa shape index (κ3) is 3.67. The van der Waals surface area contributed by atoms with Crippen molar-refractivity contribution in [1.82, 2.24) is 0 Å². The van der Waals surface area contributed by atoms with Crippen LogP contribution in [0.5, 0.6) is 0 Å². The van der Waals surface area contributed by atoms with Crippen LogP contribution in [0, 0.1) is 0 Å². The van der Waals surface area contributed by atoms with Crippen molar-refractivity contribution in [2.24, 2.45) is 0 Å². The maximum absolute atomic E-state index is 12.7. The molecule has 0 unspecified atom stereocenters. The lowest BCUT2D eigenvalue weighted by molar-refractivity contribution is 0.601. The summed E-state index contributed by atoms with van der Waals surface area (Å²) in [6.45, 7) is 2.11. The van der Waals surface area contributed by atoms with Crippen LogP contribution in [0.4, 0.5) is 5.69 Å². The van der Waals surface area contributed by atoms with E-state index in [9.17, 15) is 8.42 Å². The number of hydrogen-bond acceptors (Lipinski definition) is 2. The normalized spacial score (nSPS) is 11.7. The quantitative estimate of drug-likeness (QED) is 0.452. The van der Waals surface area contributed by atoms with E-state index in [4.69, 9.17) is 0 Å². The number of fused-ring (bicyclic) bond motifs is 2. The van der Waals surface area contributed by atoms with Crippen molar-refractivity contribution < 1.29 is 8.42 Å². The van der Waals surface area contributed by atoms with E-state index in [0.717, 1.165) is 34.6 Å². The molecule has 0 heterocycles. The first-order valence-corrected chi connectivity index (χ1v) is 10.6.